The average molecular weight is 267 g/mol. The van der Waals surface area contributed by atoms with Crippen molar-refractivity contribution < 1.29 is 22.7 Å². The number of carbonyl (C=O) groups excluding carboxylic acids is 1. The van der Waals surface area contributed by atoms with Crippen LogP contribution in [0.5, 0.6) is 0 Å². The van der Waals surface area contributed by atoms with E-state index in [4.69, 9.17) is 4.74 Å². The molecule has 1 aromatic rings. The van der Waals surface area contributed by atoms with Gasteiger partial charge in [-0.15, -0.1) is 11.3 Å². The number of rotatable bonds is 3. The largest absolute Gasteiger partial charge is 0.443 e. The van der Waals surface area contributed by atoms with Crippen LogP contribution in [0.25, 0.3) is 0 Å². The van der Waals surface area contributed by atoms with Gasteiger partial charge in [-0.25, -0.2) is 4.98 Å². The van der Waals surface area contributed by atoms with E-state index in [2.05, 4.69) is 4.98 Å². The third kappa shape index (κ3) is 4.43. The molecule has 0 fully saturated rings. The Morgan fingerprint density at radius 2 is 2.00 bits per heavy atom. The first-order chi connectivity index (χ1) is 7.59. The Morgan fingerprint density at radius 1 is 1.41 bits per heavy atom. The van der Waals surface area contributed by atoms with Gasteiger partial charge in [-0.05, 0) is 20.8 Å². The molecular weight excluding hydrogens is 255 g/mol. The number of hydrogen-bond acceptors (Lipinski definition) is 4. The molecule has 7 heteroatoms. The van der Waals surface area contributed by atoms with E-state index >= 15 is 0 Å². The van der Waals surface area contributed by atoms with Crippen LogP contribution in [0.3, 0.4) is 0 Å². The van der Waals surface area contributed by atoms with Crippen molar-refractivity contribution in [1.29, 1.82) is 0 Å². The van der Waals surface area contributed by atoms with Gasteiger partial charge in [0.05, 0.1) is 10.5 Å². The highest BCUT2D eigenvalue weighted by molar-refractivity contribution is 7.13. The molecule has 1 rings (SSSR count). The van der Waals surface area contributed by atoms with Gasteiger partial charge >= 0.3 is 6.18 Å². The lowest BCUT2D eigenvalue weighted by molar-refractivity contribution is -0.137. The van der Waals surface area contributed by atoms with Crippen LogP contribution in [0.1, 0.15) is 35.5 Å². The fourth-order valence-electron chi connectivity index (χ4n) is 0.887. The molecule has 0 aromatic carbocycles. The van der Waals surface area contributed by atoms with Crippen LogP contribution < -0.4 is 0 Å². The summed E-state index contributed by atoms with van der Waals surface area (Å²) in [7, 11) is 0. The minimum absolute atomic E-state index is 0.0402. The lowest BCUT2D eigenvalue weighted by Gasteiger charge is -2.18. The number of thiazole rings is 1. The molecule has 0 amide bonds. The number of ketones is 1. The van der Waals surface area contributed by atoms with Crippen LogP contribution in [0, 0.1) is 0 Å². The van der Waals surface area contributed by atoms with E-state index in [-0.39, 0.29) is 11.5 Å². The van der Waals surface area contributed by atoms with Gasteiger partial charge in [0.15, 0.2) is 10.8 Å². The molecule has 17 heavy (non-hydrogen) atoms. The Hall–Kier alpha value is -0.950. The molecule has 0 atom stereocenters. The van der Waals surface area contributed by atoms with E-state index in [0.29, 0.717) is 11.3 Å². The second-order valence-corrected chi connectivity index (χ2v) is 5.38. The molecule has 0 radical (unpaired) electrons. The molecule has 0 unspecified atom stereocenters. The van der Waals surface area contributed by atoms with E-state index in [9.17, 15) is 18.0 Å². The van der Waals surface area contributed by atoms with E-state index < -0.39 is 22.6 Å². The van der Waals surface area contributed by atoms with Gasteiger partial charge in [0.1, 0.15) is 6.61 Å². The normalized spacial score (nSPS) is 12.8. The fraction of sp³-hybridized carbons (Fsp3) is 0.600. The van der Waals surface area contributed by atoms with Crippen LogP contribution in [-0.4, -0.2) is 23.0 Å². The molecule has 96 valence electrons. The summed E-state index contributed by atoms with van der Waals surface area (Å²) >= 11 is 0.333. The fourth-order valence-corrected chi connectivity index (χ4v) is 1.59. The molecule has 0 bridgehead atoms. The van der Waals surface area contributed by atoms with Crippen molar-refractivity contribution in [2.24, 2.45) is 0 Å². The number of aromatic nitrogens is 1. The van der Waals surface area contributed by atoms with Crippen molar-refractivity contribution in [3.8, 4) is 0 Å². The molecule has 1 heterocycles. The van der Waals surface area contributed by atoms with E-state index in [0.717, 1.165) is 6.20 Å². The third-order valence-corrected chi connectivity index (χ3v) is 2.74. The second kappa shape index (κ2) is 4.73. The first-order valence-corrected chi connectivity index (χ1v) is 5.61. The first-order valence-electron chi connectivity index (χ1n) is 4.80. The molecule has 0 saturated heterocycles. The number of ether oxygens (including phenoxy) is 1. The van der Waals surface area contributed by atoms with Gasteiger partial charge in [-0.2, -0.15) is 13.2 Å². The van der Waals surface area contributed by atoms with Crippen molar-refractivity contribution in [2.75, 3.05) is 6.61 Å². The zero-order valence-electron chi connectivity index (χ0n) is 9.59. The van der Waals surface area contributed by atoms with Gasteiger partial charge in [-0.3, -0.25) is 4.79 Å². The monoisotopic (exact) mass is 267 g/mol. The van der Waals surface area contributed by atoms with Crippen LogP contribution >= 0.6 is 11.3 Å². The zero-order chi connectivity index (χ0) is 13.3. The minimum Gasteiger partial charge on any atom is -0.368 e. The van der Waals surface area contributed by atoms with E-state index in [1.165, 1.54) is 0 Å². The Kier molecular flexibility index (Phi) is 3.93. The molecule has 0 aliphatic rings. The van der Waals surface area contributed by atoms with Gasteiger partial charge in [0.25, 0.3) is 0 Å². The SMILES string of the molecule is CC(C)(C)OCC(=O)c1cnc(C(F)(F)F)s1. The summed E-state index contributed by atoms with van der Waals surface area (Å²) in [4.78, 5) is 14.6. The lowest BCUT2D eigenvalue weighted by atomic mass is 10.2. The van der Waals surface area contributed by atoms with Crippen molar-refractivity contribution in [2.45, 2.75) is 32.5 Å². The predicted molar refractivity (Wildman–Crippen MR) is 57.2 cm³/mol. The molecule has 0 aliphatic heterocycles. The predicted octanol–water partition coefficient (Wildman–Crippen LogP) is 3.16. The van der Waals surface area contributed by atoms with Crippen LogP contribution in [0.2, 0.25) is 0 Å². The number of hydrogen-bond donors (Lipinski definition) is 0. The van der Waals surface area contributed by atoms with Gasteiger partial charge < -0.3 is 4.74 Å². The summed E-state index contributed by atoms with van der Waals surface area (Å²) in [6.45, 7) is 5.03. The second-order valence-electron chi connectivity index (χ2n) is 4.35. The number of halogens is 3. The Balaban J connectivity index is 2.68. The summed E-state index contributed by atoms with van der Waals surface area (Å²) in [5.74, 6) is -0.493. The molecule has 0 N–H and O–H groups in total. The summed E-state index contributed by atoms with van der Waals surface area (Å²) in [6, 6.07) is 0. The summed E-state index contributed by atoms with van der Waals surface area (Å²) < 4.78 is 41.9. The maximum atomic E-state index is 12.2. The Labute approximate surface area is 101 Å². The molecule has 3 nitrogen and oxygen atoms in total. The quantitative estimate of drug-likeness (QED) is 0.790. The van der Waals surface area contributed by atoms with Gasteiger partial charge in [-0.1, -0.05) is 0 Å². The molecule has 0 saturated carbocycles. The van der Waals surface area contributed by atoms with Crippen molar-refractivity contribution in [3.05, 3.63) is 16.1 Å². The van der Waals surface area contributed by atoms with Crippen LogP contribution in [0.4, 0.5) is 13.2 Å². The maximum Gasteiger partial charge on any atom is 0.443 e. The van der Waals surface area contributed by atoms with Gasteiger partial charge in [0.2, 0.25) is 0 Å². The summed E-state index contributed by atoms with van der Waals surface area (Å²) in [6.07, 6.45) is -3.57. The highest BCUT2D eigenvalue weighted by atomic mass is 32.1. The summed E-state index contributed by atoms with van der Waals surface area (Å²) in [5.41, 5.74) is -0.507. The van der Waals surface area contributed by atoms with E-state index in [1.54, 1.807) is 20.8 Å². The van der Waals surface area contributed by atoms with Crippen molar-refractivity contribution in [3.63, 3.8) is 0 Å². The average Bonchev–Trinajstić information content (AvgIpc) is 2.60. The number of Topliss-reactive ketones (excluding diaryl/α,β-unsaturated/α-hetero) is 1. The molecule has 1 aromatic heterocycles. The lowest BCUT2D eigenvalue weighted by Crippen LogP contribution is -2.23. The standard InChI is InChI=1S/C10H12F3NO2S/c1-9(2,3)16-5-6(15)7-4-14-8(17-7)10(11,12)13/h4H,5H2,1-3H3. The first kappa shape index (κ1) is 14.1. The van der Waals surface area contributed by atoms with E-state index in [1.807, 2.05) is 0 Å². The smallest absolute Gasteiger partial charge is 0.368 e. The van der Waals surface area contributed by atoms with Crippen molar-refractivity contribution in [1.82, 2.24) is 4.98 Å². The zero-order valence-corrected chi connectivity index (χ0v) is 10.4. The van der Waals surface area contributed by atoms with Crippen molar-refractivity contribution >= 4 is 17.1 Å². The number of alkyl halides is 3. The highest BCUT2D eigenvalue weighted by Crippen LogP contribution is 2.32. The van der Waals surface area contributed by atoms with Gasteiger partial charge in [0, 0.05) is 6.20 Å². The highest BCUT2D eigenvalue weighted by Gasteiger charge is 2.35. The molecule has 0 aliphatic carbocycles. The topological polar surface area (TPSA) is 39.2 Å². The Morgan fingerprint density at radius 3 is 2.41 bits per heavy atom. The summed E-state index contributed by atoms with van der Waals surface area (Å²) in [5, 5.41) is -1.02. The Bertz CT molecular complexity index is 406. The van der Waals surface area contributed by atoms with Crippen LogP contribution in [-0.2, 0) is 10.9 Å². The maximum absolute atomic E-state index is 12.2. The van der Waals surface area contributed by atoms with Crippen LogP contribution in [0.15, 0.2) is 6.20 Å². The molecular formula is C10H12F3NO2S. The number of carbonyl (C=O) groups is 1. The third-order valence-electron chi connectivity index (χ3n) is 1.66. The molecule has 0 spiro atoms. The minimum atomic E-state index is -4.51. The number of nitrogens with zero attached hydrogens (tertiary/aromatic N) is 1.